The molecule has 3 unspecified atom stereocenters. The third-order valence-electron chi connectivity index (χ3n) is 5.11. The molecule has 0 fully saturated rings. The highest BCUT2D eigenvalue weighted by atomic mass is 14.3. The van der Waals surface area contributed by atoms with Gasteiger partial charge >= 0.3 is 0 Å². The summed E-state index contributed by atoms with van der Waals surface area (Å²) >= 11 is 0. The average Bonchev–Trinajstić information content (AvgIpc) is 2.33. The van der Waals surface area contributed by atoms with Gasteiger partial charge in [0.2, 0.25) is 0 Å². The molecule has 3 atom stereocenters. The highest BCUT2D eigenvalue weighted by Gasteiger charge is 2.22. The van der Waals surface area contributed by atoms with Gasteiger partial charge in [0.05, 0.1) is 0 Å². The van der Waals surface area contributed by atoms with E-state index in [4.69, 9.17) is 0 Å². The first-order valence-corrected chi connectivity index (χ1v) is 8.46. The van der Waals surface area contributed by atoms with Crippen molar-refractivity contribution in [3.63, 3.8) is 0 Å². The second kappa shape index (κ2) is 9.87. The number of hydrogen-bond donors (Lipinski definition) is 0. The predicted molar refractivity (Wildman–Crippen MR) is 84.9 cm³/mol. The summed E-state index contributed by atoms with van der Waals surface area (Å²) < 4.78 is 0. The maximum atomic E-state index is 2.49. The minimum Gasteiger partial charge on any atom is -0.0651 e. The lowest BCUT2D eigenvalue weighted by Crippen LogP contribution is -2.20. The molecule has 0 saturated heterocycles. The molecule has 0 nitrogen and oxygen atoms in total. The molecule has 0 aliphatic heterocycles. The van der Waals surface area contributed by atoms with Crippen molar-refractivity contribution in [3.8, 4) is 0 Å². The fourth-order valence-corrected chi connectivity index (χ4v) is 3.41. The highest BCUT2D eigenvalue weighted by molar-refractivity contribution is 4.73. The smallest absolute Gasteiger partial charge is 0.0388 e. The minimum absolute atomic E-state index is 0.846. The highest BCUT2D eigenvalue weighted by Crippen LogP contribution is 2.32. The van der Waals surface area contributed by atoms with Crippen LogP contribution in [0.3, 0.4) is 0 Å². The quantitative estimate of drug-likeness (QED) is 0.415. The molecule has 0 N–H and O–H groups in total. The van der Waals surface area contributed by atoms with Crippen LogP contribution in [-0.2, 0) is 0 Å². The van der Waals surface area contributed by atoms with E-state index in [9.17, 15) is 0 Å². The van der Waals surface area contributed by atoms with Crippen LogP contribution >= 0.6 is 0 Å². The Balaban J connectivity index is 4.21. The van der Waals surface area contributed by atoms with Gasteiger partial charge in [-0.15, -0.1) is 0 Å². The van der Waals surface area contributed by atoms with E-state index >= 15 is 0 Å². The van der Waals surface area contributed by atoms with Gasteiger partial charge < -0.3 is 0 Å². The van der Waals surface area contributed by atoms with Crippen LogP contribution in [-0.4, -0.2) is 0 Å². The number of rotatable bonds is 10. The van der Waals surface area contributed by atoms with E-state index in [1.807, 2.05) is 0 Å². The molecule has 18 heavy (non-hydrogen) atoms. The summed E-state index contributed by atoms with van der Waals surface area (Å²) in [6.45, 7) is 16.7. The Morgan fingerprint density at radius 1 is 0.722 bits per heavy atom. The van der Waals surface area contributed by atoms with Gasteiger partial charge in [-0.05, 0) is 42.4 Å². The zero-order valence-corrected chi connectivity index (χ0v) is 14.1. The lowest BCUT2D eigenvalue weighted by atomic mass is 9.76. The molecular weight excluding hydrogens is 216 g/mol. The van der Waals surface area contributed by atoms with E-state index < -0.39 is 0 Å². The molecular formula is C18H38. The first-order chi connectivity index (χ1) is 8.46. The Morgan fingerprint density at radius 3 is 1.67 bits per heavy atom. The lowest BCUT2D eigenvalue weighted by molar-refractivity contribution is 0.203. The first kappa shape index (κ1) is 18.0. The second-order valence-electron chi connectivity index (χ2n) is 6.89. The van der Waals surface area contributed by atoms with Gasteiger partial charge in [-0.25, -0.2) is 0 Å². The summed E-state index contributed by atoms with van der Waals surface area (Å²) in [7, 11) is 0. The van der Waals surface area contributed by atoms with Gasteiger partial charge in [0, 0.05) is 0 Å². The zero-order chi connectivity index (χ0) is 14.1. The molecule has 0 aromatic rings. The SMILES string of the molecule is CCC(CC)CCC(CC)C(C)C(C)CC(C)C. The van der Waals surface area contributed by atoms with E-state index in [1.54, 1.807) is 0 Å². The first-order valence-electron chi connectivity index (χ1n) is 8.46. The van der Waals surface area contributed by atoms with Crippen LogP contribution in [0.25, 0.3) is 0 Å². The van der Waals surface area contributed by atoms with Gasteiger partial charge in [0.15, 0.2) is 0 Å². The van der Waals surface area contributed by atoms with E-state index in [2.05, 4.69) is 48.5 Å². The van der Waals surface area contributed by atoms with Gasteiger partial charge in [0.1, 0.15) is 0 Å². The fraction of sp³-hybridized carbons (Fsp3) is 1.00. The van der Waals surface area contributed by atoms with Crippen molar-refractivity contribution in [2.75, 3.05) is 0 Å². The average molecular weight is 255 g/mol. The van der Waals surface area contributed by atoms with Crippen LogP contribution in [0.2, 0.25) is 0 Å². The molecule has 0 aliphatic carbocycles. The van der Waals surface area contributed by atoms with Crippen LogP contribution in [0.15, 0.2) is 0 Å². The topological polar surface area (TPSA) is 0 Å². The van der Waals surface area contributed by atoms with Crippen molar-refractivity contribution in [2.45, 2.75) is 87.0 Å². The molecule has 0 radical (unpaired) electrons. The summed E-state index contributed by atoms with van der Waals surface area (Å²) in [5.74, 6) is 4.54. The molecule has 110 valence electrons. The maximum Gasteiger partial charge on any atom is -0.0388 e. The molecule has 0 aromatic carbocycles. The zero-order valence-electron chi connectivity index (χ0n) is 14.1. The van der Waals surface area contributed by atoms with E-state index in [1.165, 1.54) is 38.5 Å². The van der Waals surface area contributed by atoms with Crippen LogP contribution in [0, 0.1) is 29.6 Å². The predicted octanol–water partition coefficient (Wildman–Crippen LogP) is 6.55. The summed E-state index contributed by atoms with van der Waals surface area (Å²) in [4.78, 5) is 0. The molecule has 0 saturated carbocycles. The van der Waals surface area contributed by atoms with Crippen LogP contribution in [0.4, 0.5) is 0 Å². The van der Waals surface area contributed by atoms with Crippen LogP contribution < -0.4 is 0 Å². The van der Waals surface area contributed by atoms with Gasteiger partial charge in [-0.2, -0.15) is 0 Å². The van der Waals surface area contributed by atoms with Crippen LogP contribution in [0.1, 0.15) is 87.0 Å². The van der Waals surface area contributed by atoms with Gasteiger partial charge in [-0.1, -0.05) is 74.1 Å². The molecule has 0 aromatic heterocycles. The van der Waals surface area contributed by atoms with Crippen molar-refractivity contribution in [1.82, 2.24) is 0 Å². The van der Waals surface area contributed by atoms with Gasteiger partial charge in [0.25, 0.3) is 0 Å². The Kier molecular flexibility index (Phi) is 9.87. The van der Waals surface area contributed by atoms with Crippen molar-refractivity contribution >= 4 is 0 Å². The van der Waals surface area contributed by atoms with Crippen molar-refractivity contribution in [3.05, 3.63) is 0 Å². The van der Waals surface area contributed by atoms with Crippen LogP contribution in [0.5, 0.6) is 0 Å². The summed E-state index contributed by atoms with van der Waals surface area (Å²) in [6, 6.07) is 0. The van der Waals surface area contributed by atoms with E-state index in [0.717, 1.165) is 29.6 Å². The molecule has 0 amide bonds. The lowest BCUT2D eigenvalue weighted by Gasteiger charge is -2.30. The third kappa shape index (κ3) is 6.81. The Morgan fingerprint density at radius 2 is 1.28 bits per heavy atom. The van der Waals surface area contributed by atoms with Gasteiger partial charge in [-0.3, -0.25) is 0 Å². The largest absolute Gasteiger partial charge is 0.0651 e. The Labute approximate surface area is 117 Å². The van der Waals surface area contributed by atoms with Crippen molar-refractivity contribution < 1.29 is 0 Å². The minimum atomic E-state index is 0.846. The molecule has 0 aliphatic rings. The number of hydrogen-bond acceptors (Lipinski definition) is 0. The summed E-state index contributed by atoms with van der Waals surface area (Å²) in [5, 5.41) is 0. The Bertz CT molecular complexity index is 178. The van der Waals surface area contributed by atoms with Crippen molar-refractivity contribution in [2.24, 2.45) is 29.6 Å². The maximum absolute atomic E-state index is 2.49. The molecule has 0 spiro atoms. The van der Waals surface area contributed by atoms with Crippen molar-refractivity contribution in [1.29, 1.82) is 0 Å². The standard InChI is InChI=1S/C18H38/c1-8-17(9-2)11-12-18(10-3)16(7)15(6)13-14(4)5/h14-18H,8-13H2,1-7H3. The summed E-state index contributed by atoms with van der Waals surface area (Å²) in [5.41, 5.74) is 0. The molecule has 0 heteroatoms. The van der Waals surface area contributed by atoms with E-state index in [-0.39, 0.29) is 0 Å². The normalized spacial score (nSPS) is 17.2. The monoisotopic (exact) mass is 254 g/mol. The third-order valence-corrected chi connectivity index (χ3v) is 5.11. The Hall–Kier alpha value is 0. The summed E-state index contributed by atoms with van der Waals surface area (Å²) in [6.07, 6.45) is 8.38. The fourth-order valence-electron chi connectivity index (χ4n) is 3.41. The second-order valence-corrected chi connectivity index (χ2v) is 6.89. The molecule has 0 rings (SSSR count). The molecule has 0 bridgehead atoms. The molecule has 0 heterocycles. The van der Waals surface area contributed by atoms with E-state index in [0.29, 0.717) is 0 Å².